The molecule has 0 fully saturated rings. The molecular formula is C11H18O3. The number of ether oxygens (including phenoxy) is 1. The van der Waals surface area contributed by atoms with Crippen LogP contribution in [0.4, 0.5) is 0 Å². The number of carbonyl (C=O) groups is 2. The molecule has 0 aliphatic carbocycles. The van der Waals surface area contributed by atoms with Gasteiger partial charge in [-0.1, -0.05) is 19.9 Å². The summed E-state index contributed by atoms with van der Waals surface area (Å²) in [5, 5.41) is 0. The first kappa shape index (κ1) is 12.9. The molecule has 0 amide bonds. The number of Topliss-reactive ketones (excluding diaryl/α,β-unsaturated/α-hetero) is 1. The molecule has 0 aliphatic rings. The third kappa shape index (κ3) is 2.98. The Morgan fingerprint density at radius 2 is 2.00 bits per heavy atom. The number of carbonyl (C=O) groups excluding carboxylic acids is 2. The third-order valence-electron chi connectivity index (χ3n) is 2.28. The van der Waals surface area contributed by atoms with Crippen LogP contribution >= 0.6 is 0 Å². The number of rotatable bonds is 5. The van der Waals surface area contributed by atoms with Gasteiger partial charge in [0.15, 0.2) is 0 Å². The van der Waals surface area contributed by atoms with E-state index in [1.165, 1.54) is 13.2 Å². The lowest BCUT2D eigenvalue weighted by molar-refractivity contribution is -0.146. The Morgan fingerprint density at radius 3 is 2.29 bits per heavy atom. The fraction of sp³-hybridized carbons (Fsp3) is 0.636. The van der Waals surface area contributed by atoms with Crippen LogP contribution in [0.2, 0.25) is 0 Å². The Bertz CT molecular complexity index is 243. The van der Waals surface area contributed by atoms with Crippen molar-refractivity contribution < 1.29 is 14.3 Å². The predicted molar refractivity (Wildman–Crippen MR) is 54.8 cm³/mol. The zero-order valence-electron chi connectivity index (χ0n) is 9.29. The van der Waals surface area contributed by atoms with Gasteiger partial charge in [-0.3, -0.25) is 9.59 Å². The average Bonchev–Trinajstić information content (AvgIpc) is 2.15. The molecule has 0 N–H and O–H groups in total. The number of ketones is 1. The fourth-order valence-corrected chi connectivity index (χ4v) is 1.29. The highest BCUT2D eigenvalue weighted by Crippen LogP contribution is 2.27. The second kappa shape index (κ2) is 4.94. The van der Waals surface area contributed by atoms with Crippen LogP contribution in [0, 0.1) is 11.3 Å². The largest absolute Gasteiger partial charge is 0.469 e. The zero-order valence-corrected chi connectivity index (χ0v) is 9.29. The monoisotopic (exact) mass is 198 g/mol. The number of hydrogen-bond donors (Lipinski definition) is 0. The second-order valence-electron chi connectivity index (χ2n) is 3.89. The van der Waals surface area contributed by atoms with E-state index in [2.05, 4.69) is 11.3 Å². The Balaban J connectivity index is 4.71. The average molecular weight is 198 g/mol. The van der Waals surface area contributed by atoms with Crippen molar-refractivity contribution in [3.8, 4) is 0 Å². The lowest BCUT2D eigenvalue weighted by atomic mass is 9.78. The molecular weight excluding hydrogens is 180 g/mol. The molecule has 0 rings (SSSR count). The highest BCUT2D eigenvalue weighted by atomic mass is 16.5. The van der Waals surface area contributed by atoms with Crippen molar-refractivity contribution in [2.75, 3.05) is 7.11 Å². The van der Waals surface area contributed by atoms with Crippen LogP contribution < -0.4 is 0 Å². The molecule has 3 nitrogen and oxygen atoms in total. The van der Waals surface area contributed by atoms with E-state index in [9.17, 15) is 9.59 Å². The fourth-order valence-electron chi connectivity index (χ4n) is 1.29. The molecule has 0 bridgehead atoms. The quantitative estimate of drug-likeness (QED) is 0.501. The summed E-state index contributed by atoms with van der Waals surface area (Å²) in [5.74, 6) is -0.484. The maximum Gasteiger partial charge on any atom is 0.306 e. The van der Waals surface area contributed by atoms with E-state index >= 15 is 0 Å². The molecule has 0 saturated carbocycles. The summed E-state index contributed by atoms with van der Waals surface area (Å²) in [4.78, 5) is 22.9. The summed E-state index contributed by atoms with van der Waals surface area (Å²) in [7, 11) is 1.31. The lowest BCUT2D eigenvalue weighted by Gasteiger charge is -2.24. The van der Waals surface area contributed by atoms with Crippen molar-refractivity contribution in [1.82, 2.24) is 0 Å². The van der Waals surface area contributed by atoms with Gasteiger partial charge in [0.2, 0.25) is 0 Å². The molecule has 1 unspecified atom stereocenters. The van der Waals surface area contributed by atoms with Crippen LogP contribution in [-0.4, -0.2) is 18.9 Å². The first-order chi connectivity index (χ1) is 6.37. The van der Waals surface area contributed by atoms with Crippen LogP contribution in [0.3, 0.4) is 0 Å². The van der Waals surface area contributed by atoms with E-state index in [-0.39, 0.29) is 24.1 Å². The number of allylic oxidation sites excluding steroid dienone is 1. The molecule has 0 radical (unpaired) electrons. The van der Waals surface area contributed by atoms with E-state index in [0.717, 1.165) is 0 Å². The van der Waals surface area contributed by atoms with E-state index < -0.39 is 5.41 Å². The maximum atomic E-state index is 11.8. The molecule has 14 heavy (non-hydrogen) atoms. The lowest BCUT2D eigenvalue weighted by Crippen LogP contribution is -2.32. The summed E-state index contributed by atoms with van der Waals surface area (Å²) in [5.41, 5.74) is -0.804. The van der Waals surface area contributed by atoms with E-state index in [4.69, 9.17) is 0 Å². The van der Waals surface area contributed by atoms with Crippen LogP contribution in [0.25, 0.3) is 0 Å². The topological polar surface area (TPSA) is 43.4 Å². The van der Waals surface area contributed by atoms with E-state index in [1.807, 2.05) is 0 Å². The van der Waals surface area contributed by atoms with Crippen molar-refractivity contribution in [2.45, 2.75) is 27.2 Å². The Labute approximate surface area is 85.1 Å². The highest BCUT2D eigenvalue weighted by molar-refractivity contribution is 5.91. The van der Waals surface area contributed by atoms with Crippen LogP contribution in [0.5, 0.6) is 0 Å². The first-order valence-electron chi connectivity index (χ1n) is 4.62. The molecule has 0 aromatic carbocycles. The summed E-state index contributed by atoms with van der Waals surface area (Å²) in [6, 6.07) is 0. The van der Waals surface area contributed by atoms with Crippen LogP contribution in [0.1, 0.15) is 27.2 Å². The smallest absolute Gasteiger partial charge is 0.306 e. The van der Waals surface area contributed by atoms with Gasteiger partial charge in [-0.05, 0) is 6.92 Å². The zero-order chi connectivity index (χ0) is 11.4. The number of methoxy groups -OCH3 is 1. The Kier molecular flexibility index (Phi) is 4.54. The van der Waals surface area contributed by atoms with Crippen LogP contribution in [0.15, 0.2) is 12.7 Å². The number of esters is 1. The highest BCUT2D eigenvalue weighted by Gasteiger charge is 2.34. The van der Waals surface area contributed by atoms with Crippen LogP contribution in [-0.2, 0) is 14.3 Å². The minimum Gasteiger partial charge on any atom is -0.469 e. The van der Waals surface area contributed by atoms with Crippen molar-refractivity contribution in [3.63, 3.8) is 0 Å². The van der Waals surface area contributed by atoms with Crippen molar-refractivity contribution in [1.29, 1.82) is 0 Å². The third-order valence-corrected chi connectivity index (χ3v) is 2.28. The predicted octanol–water partition coefficient (Wildman–Crippen LogP) is 1.97. The molecule has 1 atom stereocenters. The molecule has 0 heterocycles. The van der Waals surface area contributed by atoms with Gasteiger partial charge in [0.1, 0.15) is 5.78 Å². The van der Waals surface area contributed by atoms with Gasteiger partial charge in [-0.2, -0.15) is 0 Å². The molecule has 0 spiro atoms. The number of hydrogen-bond acceptors (Lipinski definition) is 3. The van der Waals surface area contributed by atoms with E-state index in [1.54, 1.807) is 20.8 Å². The van der Waals surface area contributed by atoms with Gasteiger partial charge < -0.3 is 4.74 Å². The maximum absolute atomic E-state index is 11.8. The minimum atomic E-state index is -0.804. The SMILES string of the molecule is C=CC(C)(CC(=O)OC)C(=O)C(C)C. The summed E-state index contributed by atoms with van der Waals surface area (Å²) in [6.45, 7) is 8.92. The van der Waals surface area contributed by atoms with Gasteiger partial charge in [-0.25, -0.2) is 0 Å². The van der Waals surface area contributed by atoms with Gasteiger partial charge >= 0.3 is 5.97 Å². The normalized spacial score (nSPS) is 14.6. The first-order valence-corrected chi connectivity index (χ1v) is 4.62. The van der Waals surface area contributed by atoms with Gasteiger partial charge in [-0.15, -0.1) is 6.58 Å². The molecule has 0 saturated heterocycles. The Morgan fingerprint density at radius 1 is 1.50 bits per heavy atom. The van der Waals surface area contributed by atoms with Gasteiger partial charge in [0.25, 0.3) is 0 Å². The molecule has 3 heteroatoms. The molecule has 80 valence electrons. The Hall–Kier alpha value is -1.12. The summed E-state index contributed by atoms with van der Waals surface area (Å²) in [6.07, 6.45) is 1.58. The summed E-state index contributed by atoms with van der Waals surface area (Å²) >= 11 is 0. The standard InChI is InChI=1S/C11H18O3/c1-6-11(4,7-9(12)14-5)10(13)8(2)3/h6,8H,1,7H2,2-5H3. The minimum absolute atomic E-state index is 0.0119. The van der Waals surface area contributed by atoms with Crippen molar-refractivity contribution >= 4 is 11.8 Å². The second-order valence-corrected chi connectivity index (χ2v) is 3.89. The summed E-state index contributed by atoms with van der Waals surface area (Å²) < 4.78 is 4.54. The van der Waals surface area contributed by atoms with Crippen molar-refractivity contribution in [2.24, 2.45) is 11.3 Å². The van der Waals surface area contributed by atoms with Crippen molar-refractivity contribution in [3.05, 3.63) is 12.7 Å². The van der Waals surface area contributed by atoms with Gasteiger partial charge in [0.05, 0.1) is 18.9 Å². The van der Waals surface area contributed by atoms with Gasteiger partial charge in [0, 0.05) is 5.92 Å². The van der Waals surface area contributed by atoms with E-state index in [0.29, 0.717) is 0 Å². The molecule has 0 aromatic rings. The molecule has 0 aromatic heterocycles. The molecule has 0 aliphatic heterocycles.